The second-order valence-electron chi connectivity index (χ2n) is 1.17. The Morgan fingerprint density at radius 2 is 1.33 bits per heavy atom. The average Bonchev–Trinajstić information content (AvgIpc) is 1.22. The van der Waals surface area contributed by atoms with E-state index in [1.807, 2.05) is 0 Å². The third-order valence-electron chi connectivity index (χ3n) is 0.231. The molecule has 0 amide bonds. The van der Waals surface area contributed by atoms with Gasteiger partial charge in [-0.05, 0) is 11.6 Å². The van der Waals surface area contributed by atoms with Crippen LogP contribution < -0.4 is 0 Å². The summed E-state index contributed by atoms with van der Waals surface area (Å²) in [6.07, 6.45) is 0. The Balaban J connectivity index is 4.93. The van der Waals surface area contributed by atoms with Crippen molar-refractivity contribution in [2.24, 2.45) is 0 Å². The van der Waals surface area contributed by atoms with Crippen LogP contribution in [0.25, 0.3) is 0 Å². The van der Waals surface area contributed by atoms with Crippen molar-refractivity contribution in [3.63, 3.8) is 0 Å². The van der Waals surface area contributed by atoms with E-state index in [0.717, 1.165) is 0 Å². The van der Waals surface area contributed by atoms with Gasteiger partial charge < -0.3 is 0 Å². The van der Waals surface area contributed by atoms with Gasteiger partial charge >= 0.3 is 10.2 Å². The van der Waals surface area contributed by atoms with E-state index in [0.29, 0.717) is 5.38 Å². The molecule has 0 heterocycles. The summed E-state index contributed by atoms with van der Waals surface area (Å²) in [5.41, 5.74) is 0. The third kappa shape index (κ3) is 7.85. The summed E-state index contributed by atoms with van der Waals surface area (Å²) in [6, 6.07) is 0. The first kappa shape index (κ1) is 8.85. The van der Waals surface area contributed by atoms with Crippen LogP contribution in [0.4, 0.5) is 19.4 Å². The van der Waals surface area contributed by atoms with Gasteiger partial charge in [-0.3, -0.25) is 0 Å². The summed E-state index contributed by atoms with van der Waals surface area (Å²) in [7, 11) is -9.53. The summed E-state index contributed by atoms with van der Waals surface area (Å²) in [4.78, 5) is 0. The Bertz CT molecular complexity index is 176. The van der Waals surface area contributed by atoms with Crippen molar-refractivity contribution in [3.8, 4) is 10.6 Å². The maximum Gasteiger partial charge on any atom is 0.346 e. The number of rotatable bonds is 0. The van der Waals surface area contributed by atoms with Gasteiger partial charge in [-0.1, -0.05) is 19.4 Å². The first-order chi connectivity index (χ1) is 3.54. The monoisotopic (exact) mass is 186 g/mol. The van der Waals surface area contributed by atoms with Crippen LogP contribution in [0.5, 0.6) is 0 Å². The lowest BCUT2D eigenvalue weighted by molar-refractivity contribution is 0.389. The molecule has 0 saturated carbocycles. The van der Waals surface area contributed by atoms with Gasteiger partial charge in [0.15, 0.2) is 0 Å². The second kappa shape index (κ2) is 1.30. The molecular formula is C2ClF5S. The van der Waals surface area contributed by atoms with Crippen LogP contribution >= 0.6 is 21.8 Å². The molecule has 0 unspecified atom stereocenters. The van der Waals surface area contributed by atoms with E-state index in [4.69, 9.17) is 0 Å². The predicted octanol–water partition coefficient (Wildman–Crippen LogP) is 3.44. The van der Waals surface area contributed by atoms with Crippen LogP contribution in [-0.4, -0.2) is 0 Å². The maximum absolute atomic E-state index is 11.0. The SMILES string of the molecule is FS(F)(F)(F)(F)C#CCl. The minimum absolute atomic E-state index is 0.262. The highest BCUT2D eigenvalue weighted by atomic mass is 35.5. The van der Waals surface area contributed by atoms with Crippen molar-refractivity contribution >= 4 is 21.8 Å². The molecule has 0 aliphatic rings. The molecule has 0 aromatic rings. The Hall–Kier alpha value is -0.150. The smallest absolute Gasteiger partial charge is 0.0873 e. The molecule has 7 heteroatoms. The summed E-state index contributed by atoms with van der Waals surface area (Å²) >= 11 is 4.13. The minimum atomic E-state index is -9.53. The Labute approximate surface area is 52.7 Å². The zero-order valence-corrected chi connectivity index (χ0v) is 5.25. The lowest BCUT2D eigenvalue weighted by Crippen LogP contribution is -1.99. The van der Waals surface area contributed by atoms with Gasteiger partial charge in [0, 0.05) is 5.38 Å². The molecule has 0 aliphatic carbocycles. The average molecular weight is 187 g/mol. The quantitative estimate of drug-likeness (QED) is 0.402. The first-order valence-corrected chi connectivity index (χ1v) is 3.74. The molecule has 0 nitrogen and oxygen atoms in total. The molecule has 0 fully saturated rings. The fourth-order valence-corrected chi connectivity index (χ4v) is 0.656. The van der Waals surface area contributed by atoms with E-state index in [9.17, 15) is 19.4 Å². The predicted molar refractivity (Wildman–Crippen MR) is 26.8 cm³/mol. The Kier molecular flexibility index (Phi) is 1.28. The fourth-order valence-electron chi connectivity index (χ4n) is 0.0729. The zero-order valence-electron chi connectivity index (χ0n) is 3.68. The van der Waals surface area contributed by atoms with E-state index in [-0.39, 0.29) is 5.25 Å². The molecule has 56 valence electrons. The van der Waals surface area contributed by atoms with Gasteiger partial charge in [0.05, 0.1) is 5.25 Å². The van der Waals surface area contributed by atoms with E-state index in [1.54, 1.807) is 0 Å². The lowest BCUT2D eigenvalue weighted by Gasteiger charge is -2.33. The van der Waals surface area contributed by atoms with E-state index in [2.05, 4.69) is 11.6 Å². The van der Waals surface area contributed by atoms with Crippen LogP contribution in [0.2, 0.25) is 0 Å². The van der Waals surface area contributed by atoms with Crippen molar-refractivity contribution in [2.45, 2.75) is 0 Å². The van der Waals surface area contributed by atoms with Crippen LogP contribution in [0, 0.1) is 10.6 Å². The van der Waals surface area contributed by atoms with Gasteiger partial charge in [0.2, 0.25) is 0 Å². The fraction of sp³-hybridized carbons (Fsp3) is 0. The lowest BCUT2D eigenvalue weighted by atomic mass is 11.4. The molecule has 0 saturated heterocycles. The van der Waals surface area contributed by atoms with Gasteiger partial charge in [-0.15, -0.1) is 0 Å². The van der Waals surface area contributed by atoms with Gasteiger partial charge in [0.25, 0.3) is 0 Å². The molecule has 0 aliphatic heterocycles. The molecule has 0 radical (unpaired) electrons. The molecule has 0 N–H and O–H groups in total. The van der Waals surface area contributed by atoms with Crippen molar-refractivity contribution in [3.05, 3.63) is 0 Å². The van der Waals surface area contributed by atoms with Crippen molar-refractivity contribution in [2.75, 3.05) is 0 Å². The number of hydrogen-bond acceptors (Lipinski definition) is 0. The summed E-state index contributed by atoms with van der Waals surface area (Å²) in [6.45, 7) is 0. The van der Waals surface area contributed by atoms with Gasteiger partial charge in [0.1, 0.15) is 0 Å². The second-order valence-corrected chi connectivity index (χ2v) is 3.50. The van der Waals surface area contributed by atoms with Crippen molar-refractivity contribution in [1.82, 2.24) is 0 Å². The molecular weight excluding hydrogens is 187 g/mol. The van der Waals surface area contributed by atoms with E-state index >= 15 is 0 Å². The van der Waals surface area contributed by atoms with Crippen LogP contribution in [-0.2, 0) is 0 Å². The Morgan fingerprint density at radius 3 is 1.33 bits per heavy atom. The molecule has 0 rings (SSSR count). The topological polar surface area (TPSA) is 0 Å². The first-order valence-electron chi connectivity index (χ1n) is 1.41. The normalized spacial score (nSPS) is 18.9. The molecule has 0 bridgehead atoms. The van der Waals surface area contributed by atoms with Gasteiger partial charge in [-0.2, -0.15) is 0 Å². The maximum atomic E-state index is 11.0. The summed E-state index contributed by atoms with van der Waals surface area (Å²) in [5.74, 6) is 0. The standard InChI is InChI=1S/C2ClF5S/c3-1-2-9(4,5,6,7)8. The molecule has 0 aromatic carbocycles. The molecule has 0 spiro atoms. The van der Waals surface area contributed by atoms with Crippen LogP contribution in [0.1, 0.15) is 0 Å². The third-order valence-corrected chi connectivity index (χ3v) is 0.926. The van der Waals surface area contributed by atoms with E-state index in [1.165, 1.54) is 0 Å². The van der Waals surface area contributed by atoms with Gasteiger partial charge in [-0.25, -0.2) is 0 Å². The highest BCUT2D eigenvalue weighted by Crippen LogP contribution is 2.97. The zero-order chi connectivity index (χ0) is 7.82. The van der Waals surface area contributed by atoms with Crippen molar-refractivity contribution < 1.29 is 19.4 Å². The highest BCUT2D eigenvalue weighted by Gasteiger charge is 2.62. The minimum Gasteiger partial charge on any atom is -0.0873 e. The van der Waals surface area contributed by atoms with E-state index < -0.39 is 10.2 Å². The molecule has 0 atom stereocenters. The van der Waals surface area contributed by atoms with Crippen LogP contribution in [0.3, 0.4) is 0 Å². The molecule has 9 heavy (non-hydrogen) atoms. The number of hydrogen-bond donors (Lipinski definition) is 0. The largest absolute Gasteiger partial charge is 0.346 e. The Morgan fingerprint density at radius 1 is 1.00 bits per heavy atom. The van der Waals surface area contributed by atoms with Crippen molar-refractivity contribution in [1.29, 1.82) is 0 Å². The van der Waals surface area contributed by atoms with Crippen LogP contribution in [0.15, 0.2) is 0 Å². The summed E-state index contributed by atoms with van der Waals surface area (Å²) < 4.78 is 54.8. The number of halogens is 6. The summed E-state index contributed by atoms with van der Waals surface area (Å²) in [5, 5.41) is 0.326. The molecule has 0 aromatic heterocycles. The highest BCUT2D eigenvalue weighted by molar-refractivity contribution is 8.49.